The van der Waals surface area contributed by atoms with Gasteiger partial charge in [0.15, 0.2) is 11.7 Å². The molecule has 3 rings (SSSR count). The number of guanidine groups is 1. The van der Waals surface area contributed by atoms with Gasteiger partial charge >= 0.3 is 0 Å². The second-order valence-electron chi connectivity index (χ2n) is 7.18. The Morgan fingerprint density at radius 1 is 1.27 bits per heavy atom. The fourth-order valence-corrected chi connectivity index (χ4v) is 3.82. The van der Waals surface area contributed by atoms with E-state index in [1.165, 1.54) is 12.8 Å². The smallest absolute Gasteiger partial charge is 0.216 e. The number of nitrogens with one attached hydrogen (secondary N) is 3. The SMILES string of the molecule is CCC(CC)C(CNC(=NC)NCc1nc(-c2ccco2)n[nH]1)N1CCOCC1.I. The van der Waals surface area contributed by atoms with Gasteiger partial charge in [0.2, 0.25) is 5.82 Å². The van der Waals surface area contributed by atoms with Gasteiger partial charge < -0.3 is 19.8 Å². The fraction of sp³-hybridized carbons (Fsp3) is 0.650. The average molecular weight is 531 g/mol. The van der Waals surface area contributed by atoms with Crippen molar-refractivity contribution in [2.24, 2.45) is 10.9 Å². The molecule has 1 saturated heterocycles. The van der Waals surface area contributed by atoms with Crippen LogP contribution < -0.4 is 10.6 Å². The average Bonchev–Trinajstić information content (AvgIpc) is 3.45. The zero-order chi connectivity index (χ0) is 20.5. The summed E-state index contributed by atoms with van der Waals surface area (Å²) in [4.78, 5) is 11.4. The Morgan fingerprint density at radius 2 is 2.03 bits per heavy atom. The van der Waals surface area contributed by atoms with Crippen molar-refractivity contribution in [2.45, 2.75) is 39.3 Å². The molecule has 0 aliphatic carbocycles. The van der Waals surface area contributed by atoms with E-state index in [0.29, 0.717) is 30.1 Å². The van der Waals surface area contributed by atoms with Crippen LogP contribution in [0.3, 0.4) is 0 Å². The third-order valence-electron chi connectivity index (χ3n) is 5.51. The molecule has 30 heavy (non-hydrogen) atoms. The van der Waals surface area contributed by atoms with E-state index in [-0.39, 0.29) is 24.0 Å². The summed E-state index contributed by atoms with van der Waals surface area (Å²) in [6.45, 7) is 9.50. The zero-order valence-electron chi connectivity index (χ0n) is 18.1. The molecule has 0 spiro atoms. The lowest BCUT2D eigenvalue weighted by atomic mass is 9.92. The van der Waals surface area contributed by atoms with Crippen molar-refractivity contribution in [1.82, 2.24) is 30.7 Å². The fourth-order valence-electron chi connectivity index (χ4n) is 3.82. The van der Waals surface area contributed by atoms with Crippen LogP contribution in [0, 0.1) is 5.92 Å². The molecule has 0 radical (unpaired) electrons. The number of aliphatic imine (C=N–C) groups is 1. The first-order valence-electron chi connectivity index (χ1n) is 10.5. The minimum absolute atomic E-state index is 0. The predicted octanol–water partition coefficient (Wildman–Crippen LogP) is 2.48. The van der Waals surface area contributed by atoms with Gasteiger partial charge in [0.1, 0.15) is 5.82 Å². The van der Waals surface area contributed by atoms with E-state index < -0.39 is 0 Å². The molecule has 3 heterocycles. The van der Waals surface area contributed by atoms with Crippen LogP contribution in [0.5, 0.6) is 0 Å². The number of hydrogen-bond acceptors (Lipinski definition) is 6. The van der Waals surface area contributed by atoms with Crippen LogP contribution in [0.25, 0.3) is 11.6 Å². The lowest BCUT2D eigenvalue weighted by Gasteiger charge is -2.39. The summed E-state index contributed by atoms with van der Waals surface area (Å²) in [7, 11) is 1.78. The number of H-pyrrole nitrogens is 1. The summed E-state index contributed by atoms with van der Waals surface area (Å²) in [5.41, 5.74) is 0. The maximum absolute atomic E-state index is 5.54. The number of furan rings is 1. The van der Waals surface area contributed by atoms with E-state index in [1.807, 2.05) is 12.1 Å². The topological polar surface area (TPSA) is 104 Å². The Morgan fingerprint density at radius 3 is 2.67 bits per heavy atom. The number of rotatable bonds is 9. The molecule has 10 heteroatoms. The maximum Gasteiger partial charge on any atom is 0.216 e. The van der Waals surface area contributed by atoms with Crippen molar-refractivity contribution >= 4 is 29.9 Å². The van der Waals surface area contributed by atoms with Crippen molar-refractivity contribution in [2.75, 3.05) is 39.9 Å². The molecule has 1 aliphatic heterocycles. The summed E-state index contributed by atoms with van der Waals surface area (Å²) < 4.78 is 10.9. The molecule has 9 nitrogen and oxygen atoms in total. The van der Waals surface area contributed by atoms with Crippen molar-refractivity contribution in [3.63, 3.8) is 0 Å². The first kappa shape index (κ1) is 24.6. The Labute approximate surface area is 195 Å². The van der Waals surface area contributed by atoms with Crippen molar-refractivity contribution in [1.29, 1.82) is 0 Å². The molecule has 168 valence electrons. The van der Waals surface area contributed by atoms with Gasteiger partial charge in [0.05, 0.1) is 26.0 Å². The van der Waals surface area contributed by atoms with E-state index in [0.717, 1.165) is 44.6 Å². The Hall–Kier alpha value is -1.66. The van der Waals surface area contributed by atoms with Crippen LogP contribution >= 0.6 is 24.0 Å². The van der Waals surface area contributed by atoms with Gasteiger partial charge in [-0.2, -0.15) is 0 Å². The Bertz CT molecular complexity index is 740. The number of hydrogen-bond donors (Lipinski definition) is 3. The largest absolute Gasteiger partial charge is 0.461 e. The molecule has 0 amide bonds. The van der Waals surface area contributed by atoms with Crippen LogP contribution in [0.2, 0.25) is 0 Å². The minimum Gasteiger partial charge on any atom is -0.461 e. The third kappa shape index (κ3) is 6.67. The van der Waals surface area contributed by atoms with Gasteiger partial charge in [-0.3, -0.25) is 15.0 Å². The lowest BCUT2D eigenvalue weighted by molar-refractivity contribution is 0.00272. The normalized spacial score (nSPS) is 16.3. The number of aromatic amines is 1. The van der Waals surface area contributed by atoms with Crippen LogP contribution in [-0.2, 0) is 11.3 Å². The number of aromatic nitrogens is 3. The van der Waals surface area contributed by atoms with Gasteiger partial charge in [0, 0.05) is 32.7 Å². The molecule has 2 aromatic rings. The van der Waals surface area contributed by atoms with Crippen molar-refractivity contribution < 1.29 is 9.15 Å². The maximum atomic E-state index is 5.54. The lowest BCUT2D eigenvalue weighted by Crippen LogP contribution is -2.53. The number of halogens is 1. The molecule has 0 aromatic carbocycles. The highest BCUT2D eigenvalue weighted by molar-refractivity contribution is 14.0. The van der Waals surface area contributed by atoms with E-state index in [2.05, 4.69) is 49.6 Å². The number of morpholine rings is 1. The molecule has 1 atom stereocenters. The van der Waals surface area contributed by atoms with E-state index in [4.69, 9.17) is 9.15 Å². The first-order chi connectivity index (χ1) is 14.2. The van der Waals surface area contributed by atoms with Gasteiger partial charge in [-0.05, 0) is 18.1 Å². The van der Waals surface area contributed by atoms with Gasteiger partial charge in [0.25, 0.3) is 0 Å². The van der Waals surface area contributed by atoms with Crippen LogP contribution in [0.4, 0.5) is 0 Å². The van der Waals surface area contributed by atoms with Crippen LogP contribution in [-0.4, -0.2) is 72.0 Å². The molecule has 1 fully saturated rings. The Balaban J connectivity index is 0.00000320. The number of ether oxygens (including phenoxy) is 1. The standard InChI is InChI=1S/C20H33N7O2.HI/c1-4-15(5-2)16(27-8-11-28-12-9-27)13-22-20(21-3)23-14-18-24-19(26-25-18)17-7-6-10-29-17;/h6-7,10,15-16H,4-5,8-9,11-14H2,1-3H3,(H2,21,22,23)(H,24,25,26);1H. The van der Waals surface area contributed by atoms with Gasteiger partial charge in [-0.25, -0.2) is 4.98 Å². The second kappa shape index (κ2) is 12.9. The van der Waals surface area contributed by atoms with Crippen LogP contribution in [0.1, 0.15) is 32.5 Å². The number of nitrogens with zero attached hydrogens (tertiary/aromatic N) is 4. The second-order valence-corrected chi connectivity index (χ2v) is 7.18. The van der Waals surface area contributed by atoms with E-state index in [9.17, 15) is 0 Å². The third-order valence-corrected chi connectivity index (χ3v) is 5.51. The van der Waals surface area contributed by atoms with Crippen molar-refractivity contribution in [3.8, 4) is 11.6 Å². The minimum atomic E-state index is 0. The summed E-state index contributed by atoms with van der Waals surface area (Å²) in [6.07, 6.45) is 3.94. The first-order valence-corrected chi connectivity index (χ1v) is 10.5. The molecule has 1 aliphatic rings. The van der Waals surface area contributed by atoms with Crippen molar-refractivity contribution in [3.05, 3.63) is 24.2 Å². The van der Waals surface area contributed by atoms with E-state index >= 15 is 0 Å². The zero-order valence-corrected chi connectivity index (χ0v) is 20.4. The summed E-state index contributed by atoms with van der Waals surface area (Å²) in [5.74, 6) is 3.32. The molecule has 3 N–H and O–H groups in total. The molecule has 0 saturated carbocycles. The van der Waals surface area contributed by atoms with Crippen LogP contribution in [0.15, 0.2) is 27.8 Å². The highest BCUT2D eigenvalue weighted by atomic mass is 127. The predicted molar refractivity (Wildman–Crippen MR) is 128 cm³/mol. The molecule has 1 unspecified atom stereocenters. The van der Waals surface area contributed by atoms with Gasteiger partial charge in [-0.1, -0.05) is 26.7 Å². The van der Waals surface area contributed by atoms with E-state index in [1.54, 1.807) is 13.3 Å². The Kier molecular flexibility index (Phi) is 10.6. The van der Waals surface area contributed by atoms with Gasteiger partial charge in [-0.15, -0.1) is 29.1 Å². The highest BCUT2D eigenvalue weighted by Crippen LogP contribution is 2.19. The molecular weight excluding hydrogens is 497 g/mol. The quantitative estimate of drug-likeness (QED) is 0.260. The molecular formula is C20H34IN7O2. The summed E-state index contributed by atoms with van der Waals surface area (Å²) in [5, 5.41) is 13.9. The monoisotopic (exact) mass is 531 g/mol. The highest BCUT2D eigenvalue weighted by Gasteiger charge is 2.27. The summed E-state index contributed by atoms with van der Waals surface area (Å²) >= 11 is 0. The summed E-state index contributed by atoms with van der Waals surface area (Å²) in [6, 6.07) is 4.12. The molecule has 0 bridgehead atoms. The molecule has 2 aromatic heterocycles.